The minimum Gasteiger partial charge on any atom is -0.441 e. The largest absolute Gasteiger partial charge is 0.441 e. The van der Waals surface area contributed by atoms with Gasteiger partial charge in [0.25, 0.3) is 0 Å². The smallest absolute Gasteiger partial charge is 0.410 e. The highest BCUT2D eigenvalue weighted by molar-refractivity contribution is 5.94. The number of hydrogen-bond donors (Lipinski definition) is 1. The molecule has 0 unspecified atom stereocenters. The fourth-order valence-corrected chi connectivity index (χ4v) is 4.17. The molecular formula is C21H26N6O3. The molecular weight excluding hydrogens is 384 g/mol. The predicted octanol–water partition coefficient (Wildman–Crippen LogP) is 2.18. The van der Waals surface area contributed by atoms with Crippen LogP contribution in [0.1, 0.15) is 12.6 Å². The van der Waals surface area contributed by atoms with Crippen molar-refractivity contribution in [2.45, 2.75) is 19.4 Å². The summed E-state index contributed by atoms with van der Waals surface area (Å²) in [5.74, 6) is 0. The number of aromatic amines is 1. The number of carbonyl (C=O) groups is 1. The van der Waals surface area contributed by atoms with Crippen LogP contribution >= 0.6 is 0 Å². The van der Waals surface area contributed by atoms with Crippen molar-refractivity contribution in [2.75, 3.05) is 44.3 Å². The second-order valence-electron chi connectivity index (χ2n) is 7.77. The second-order valence-corrected chi connectivity index (χ2v) is 7.77. The van der Waals surface area contributed by atoms with Crippen LogP contribution in [0.4, 0.5) is 10.5 Å². The molecule has 2 saturated heterocycles. The maximum absolute atomic E-state index is 12.3. The Morgan fingerprint density at radius 1 is 1.30 bits per heavy atom. The van der Waals surface area contributed by atoms with Crippen LogP contribution in [0.15, 0.2) is 24.5 Å². The van der Waals surface area contributed by atoms with Gasteiger partial charge in [-0.05, 0) is 18.6 Å². The molecule has 0 atom stereocenters. The van der Waals surface area contributed by atoms with Gasteiger partial charge in [0.15, 0.2) is 6.10 Å². The van der Waals surface area contributed by atoms with Crippen molar-refractivity contribution in [3.63, 3.8) is 0 Å². The van der Waals surface area contributed by atoms with Crippen LogP contribution in [0.25, 0.3) is 22.3 Å². The van der Waals surface area contributed by atoms with E-state index in [0.717, 1.165) is 47.5 Å². The summed E-state index contributed by atoms with van der Waals surface area (Å²) in [6.07, 6.45) is 4.32. The molecule has 0 radical (unpaired) electrons. The highest BCUT2D eigenvalue weighted by Gasteiger charge is 2.28. The first-order chi connectivity index (χ1) is 14.6. The summed E-state index contributed by atoms with van der Waals surface area (Å²) >= 11 is 0. The molecule has 30 heavy (non-hydrogen) atoms. The summed E-state index contributed by atoms with van der Waals surface area (Å²) in [7, 11) is 1.97. The van der Waals surface area contributed by atoms with Crippen molar-refractivity contribution < 1.29 is 14.3 Å². The first-order valence-electron chi connectivity index (χ1n) is 10.4. The number of fused-ring (bicyclic) bond motifs is 1. The molecule has 0 saturated carbocycles. The van der Waals surface area contributed by atoms with Gasteiger partial charge in [-0.15, -0.1) is 0 Å². The summed E-state index contributed by atoms with van der Waals surface area (Å²) in [6.45, 7) is 5.92. The molecule has 5 heterocycles. The van der Waals surface area contributed by atoms with Gasteiger partial charge >= 0.3 is 6.09 Å². The number of aryl methyl sites for hydroxylation is 1. The van der Waals surface area contributed by atoms with Crippen LogP contribution in [0.5, 0.6) is 0 Å². The van der Waals surface area contributed by atoms with E-state index in [4.69, 9.17) is 9.47 Å². The number of hydrogen-bond acceptors (Lipinski definition) is 6. The summed E-state index contributed by atoms with van der Waals surface area (Å²) in [5.41, 5.74) is 5.31. The third kappa shape index (κ3) is 3.28. The number of anilines is 1. The summed E-state index contributed by atoms with van der Waals surface area (Å²) in [5, 5.41) is 5.49. The van der Waals surface area contributed by atoms with Crippen molar-refractivity contribution in [1.29, 1.82) is 0 Å². The molecule has 0 spiro atoms. The minimum atomic E-state index is -0.240. The lowest BCUT2D eigenvalue weighted by molar-refractivity contribution is -0.104. The fourth-order valence-electron chi connectivity index (χ4n) is 4.17. The van der Waals surface area contributed by atoms with Crippen LogP contribution in [0.2, 0.25) is 0 Å². The number of H-pyrrole nitrogens is 1. The van der Waals surface area contributed by atoms with E-state index in [2.05, 4.69) is 33.0 Å². The second kappa shape index (κ2) is 7.64. The quantitative estimate of drug-likeness (QED) is 0.709. The lowest BCUT2D eigenvalue weighted by Crippen LogP contribution is -2.51. The van der Waals surface area contributed by atoms with E-state index in [1.165, 1.54) is 5.69 Å². The van der Waals surface area contributed by atoms with Crippen LogP contribution < -0.4 is 4.90 Å². The first-order valence-corrected chi connectivity index (χ1v) is 10.4. The Morgan fingerprint density at radius 2 is 2.10 bits per heavy atom. The zero-order valence-corrected chi connectivity index (χ0v) is 17.3. The maximum atomic E-state index is 12.3. The highest BCUT2D eigenvalue weighted by atomic mass is 16.6. The molecule has 0 bridgehead atoms. The molecule has 1 N–H and O–H groups in total. The average Bonchev–Trinajstić information content (AvgIpc) is 3.33. The van der Waals surface area contributed by atoms with Gasteiger partial charge in [0.05, 0.1) is 25.1 Å². The summed E-state index contributed by atoms with van der Waals surface area (Å²) < 4.78 is 12.4. The van der Waals surface area contributed by atoms with Gasteiger partial charge in [-0.1, -0.05) is 6.92 Å². The first kappa shape index (κ1) is 18.9. The lowest BCUT2D eigenvalue weighted by Gasteiger charge is -2.37. The number of amides is 1. The number of nitrogens with zero attached hydrogens (tertiary/aromatic N) is 5. The van der Waals surface area contributed by atoms with E-state index < -0.39 is 0 Å². The number of aromatic nitrogens is 4. The zero-order chi connectivity index (χ0) is 20.7. The third-order valence-corrected chi connectivity index (χ3v) is 5.95. The molecule has 9 heteroatoms. The van der Waals surface area contributed by atoms with Crippen molar-refractivity contribution in [3.05, 3.63) is 30.2 Å². The van der Waals surface area contributed by atoms with E-state index >= 15 is 0 Å². The van der Waals surface area contributed by atoms with E-state index in [1.807, 2.05) is 30.2 Å². The Bertz CT molecular complexity index is 1060. The Kier molecular flexibility index (Phi) is 4.82. The molecule has 158 valence electrons. The Morgan fingerprint density at radius 3 is 2.80 bits per heavy atom. The van der Waals surface area contributed by atoms with Gasteiger partial charge < -0.3 is 24.3 Å². The Balaban J connectivity index is 1.35. The van der Waals surface area contributed by atoms with Crippen LogP contribution in [0, 0.1) is 0 Å². The molecule has 2 aliphatic rings. The van der Waals surface area contributed by atoms with Crippen LogP contribution in [0.3, 0.4) is 0 Å². The standard InChI is InChI=1S/C21H26N6O3/c1-3-18-16(11-23-25(18)2)17-10-15-19(4-5-22-20(15)24-17)26-6-8-27(9-7-26)21(28)30-14-12-29-13-14/h4-5,10-11,14H,3,6-9,12-13H2,1-2H3,(H,22,24). The summed E-state index contributed by atoms with van der Waals surface area (Å²) in [4.78, 5) is 24.4. The number of rotatable bonds is 4. The van der Waals surface area contributed by atoms with Crippen molar-refractivity contribution in [1.82, 2.24) is 24.6 Å². The number of ether oxygens (including phenoxy) is 2. The van der Waals surface area contributed by atoms with Gasteiger partial charge in [0.2, 0.25) is 0 Å². The number of nitrogens with one attached hydrogen (secondary N) is 1. The van der Waals surface area contributed by atoms with E-state index in [9.17, 15) is 4.79 Å². The molecule has 9 nitrogen and oxygen atoms in total. The monoisotopic (exact) mass is 410 g/mol. The molecule has 3 aromatic heterocycles. The SMILES string of the molecule is CCc1c(-c2cc3c(N4CCN(C(=O)OC5COC5)CC4)ccnc3[nH]2)cnn1C. The zero-order valence-electron chi connectivity index (χ0n) is 17.3. The maximum Gasteiger partial charge on any atom is 0.410 e. The van der Waals surface area contributed by atoms with Crippen molar-refractivity contribution in [2.24, 2.45) is 7.05 Å². The fraction of sp³-hybridized carbons (Fsp3) is 0.476. The minimum absolute atomic E-state index is 0.0888. The van der Waals surface area contributed by atoms with Gasteiger partial charge in [-0.3, -0.25) is 4.68 Å². The van der Waals surface area contributed by atoms with Gasteiger partial charge in [-0.2, -0.15) is 5.10 Å². The van der Waals surface area contributed by atoms with E-state index in [-0.39, 0.29) is 12.2 Å². The molecule has 5 rings (SSSR count). The Labute approximate surface area is 174 Å². The van der Waals surface area contributed by atoms with Gasteiger partial charge in [-0.25, -0.2) is 9.78 Å². The lowest BCUT2D eigenvalue weighted by atomic mass is 10.1. The number of carbonyl (C=O) groups excluding carboxylic acids is 1. The van der Waals surface area contributed by atoms with Crippen LogP contribution in [-0.4, -0.2) is 76.2 Å². The molecule has 2 fully saturated rings. The average molecular weight is 410 g/mol. The molecule has 0 aromatic carbocycles. The highest BCUT2D eigenvalue weighted by Crippen LogP contribution is 2.32. The number of piperazine rings is 1. The normalized spacial score (nSPS) is 17.4. The molecule has 0 aliphatic carbocycles. The summed E-state index contributed by atoms with van der Waals surface area (Å²) in [6, 6.07) is 4.20. The molecule has 1 amide bonds. The van der Waals surface area contributed by atoms with Crippen molar-refractivity contribution in [3.8, 4) is 11.3 Å². The number of pyridine rings is 1. The van der Waals surface area contributed by atoms with E-state index in [0.29, 0.717) is 26.3 Å². The van der Waals surface area contributed by atoms with Gasteiger partial charge in [0.1, 0.15) is 5.65 Å². The molecule has 2 aliphatic heterocycles. The van der Waals surface area contributed by atoms with Crippen LogP contribution in [-0.2, 0) is 22.9 Å². The topological polar surface area (TPSA) is 88.5 Å². The Hall–Kier alpha value is -3.07. The van der Waals surface area contributed by atoms with Crippen molar-refractivity contribution >= 4 is 22.8 Å². The predicted molar refractivity (Wildman–Crippen MR) is 113 cm³/mol. The molecule has 3 aromatic rings. The van der Waals surface area contributed by atoms with E-state index in [1.54, 1.807) is 4.90 Å². The third-order valence-electron chi connectivity index (χ3n) is 5.95. The van der Waals surface area contributed by atoms with Gasteiger partial charge in [0, 0.05) is 61.8 Å².